The molecule has 1 aliphatic rings. The number of aliphatic hydroxyl groups excluding tert-OH is 1. The van der Waals surface area contributed by atoms with Crippen LogP contribution < -0.4 is 5.32 Å². The van der Waals surface area contributed by atoms with Crippen LogP contribution in [-0.2, 0) is 11.2 Å². The zero-order valence-electron chi connectivity index (χ0n) is 10.9. The number of amides is 1. The van der Waals surface area contributed by atoms with E-state index in [1.807, 2.05) is 24.3 Å². The summed E-state index contributed by atoms with van der Waals surface area (Å²) in [6, 6.07) is 7.77. The maximum Gasteiger partial charge on any atom is 0.224 e. The number of aliphatic hydroxyl groups is 1. The van der Waals surface area contributed by atoms with Gasteiger partial charge in [-0.2, -0.15) is 0 Å². The van der Waals surface area contributed by atoms with Gasteiger partial charge in [0.25, 0.3) is 0 Å². The van der Waals surface area contributed by atoms with Crippen LogP contribution in [0.2, 0.25) is 0 Å². The van der Waals surface area contributed by atoms with Crippen LogP contribution in [0.1, 0.15) is 31.2 Å². The Morgan fingerprint density at radius 3 is 2.89 bits per heavy atom. The van der Waals surface area contributed by atoms with Crippen molar-refractivity contribution in [3.8, 4) is 0 Å². The molecule has 1 aliphatic carbocycles. The first-order valence-corrected chi connectivity index (χ1v) is 7.62. The molecule has 1 aromatic carbocycles. The molecule has 1 amide bonds. The molecule has 19 heavy (non-hydrogen) atoms. The first-order valence-electron chi connectivity index (χ1n) is 6.83. The van der Waals surface area contributed by atoms with Crippen LogP contribution in [0.25, 0.3) is 0 Å². The minimum Gasteiger partial charge on any atom is -0.393 e. The Balaban J connectivity index is 1.77. The third-order valence-electron chi connectivity index (χ3n) is 3.65. The lowest BCUT2D eigenvalue weighted by Gasteiger charge is -2.25. The van der Waals surface area contributed by atoms with E-state index >= 15 is 0 Å². The molecular formula is C15H20BrNO2. The molecule has 0 spiro atoms. The number of benzene rings is 1. The van der Waals surface area contributed by atoms with Crippen LogP contribution in [0.5, 0.6) is 0 Å². The van der Waals surface area contributed by atoms with Gasteiger partial charge in [-0.3, -0.25) is 4.79 Å². The van der Waals surface area contributed by atoms with E-state index in [-0.39, 0.29) is 12.0 Å². The summed E-state index contributed by atoms with van der Waals surface area (Å²) in [6.45, 7) is 0.681. The van der Waals surface area contributed by atoms with E-state index < -0.39 is 0 Å². The highest BCUT2D eigenvalue weighted by molar-refractivity contribution is 9.10. The number of carbonyl (C=O) groups is 1. The molecule has 2 unspecified atom stereocenters. The van der Waals surface area contributed by atoms with Crippen molar-refractivity contribution >= 4 is 21.8 Å². The Labute approximate surface area is 122 Å². The van der Waals surface area contributed by atoms with Crippen molar-refractivity contribution in [3.05, 3.63) is 34.3 Å². The van der Waals surface area contributed by atoms with Crippen molar-refractivity contribution < 1.29 is 9.90 Å². The number of carbonyl (C=O) groups excluding carboxylic acids is 1. The van der Waals surface area contributed by atoms with Gasteiger partial charge in [0.15, 0.2) is 0 Å². The van der Waals surface area contributed by atoms with Gasteiger partial charge < -0.3 is 10.4 Å². The van der Waals surface area contributed by atoms with Crippen molar-refractivity contribution in [2.24, 2.45) is 5.92 Å². The van der Waals surface area contributed by atoms with E-state index in [2.05, 4.69) is 21.2 Å². The topological polar surface area (TPSA) is 49.3 Å². The Morgan fingerprint density at radius 1 is 1.37 bits per heavy atom. The standard InChI is InChI=1S/C15H20BrNO2/c16-14-7-2-1-5-12(14)9-15(19)17-10-11-4-3-6-13(18)8-11/h1-2,5,7,11,13,18H,3-4,6,8-10H2,(H,17,19). The Morgan fingerprint density at radius 2 is 2.16 bits per heavy atom. The van der Waals surface area contributed by atoms with Crippen LogP contribution >= 0.6 is 15.9 Å². The maximum atomic E-state index is 11.9. The van der Waals surface area contributed by atoms with Gasteiger partial charge in [0, 0.05) is 11.0 Å². The van der Waals surface area contributed by atoms with Gasteiger partial charge >= 0.3 is 0 Å². The lowest BCUT2D eigenvalue weighted by atomic mass is 9.87. The summed E-state index contributed by atoms with van der Waals surface area (Å²) >= 11 is 3.45. The Hall–Kier alpha value is -0.870. The molecule has 0 radical (unpaired) electrons. The highest BCUT2D eigenvalue weighted by atomic mass is 79.9. The smallest absolute Gasteiger partial charge is 0.224 e. The molecular weight excluding hydrogens is 306 g/mol. The van der Waals surface area contributed by atoms with Gasteiger partial charge in [-0.15, -0.1) is 0 Å². The van der Waals surface area contributed by atoms with Crippen LogP contribution in [0.3, 0.4) is 0 Å². The van der Waals surface area contributed by atoms with E-state index in [0.29, 0.717) is 18.9 Å². The molecule has 0 saturated heterocycles. The van der Waals surface area contributed by atoms with Crippen molar-refractivity contribution in [3.63, 3.8) is 0 Å². The van der Waals surface area contributed by atoms with Crippen LogP contribution in [0.4, 0.5) is 0 Å². The molecule has 1 aromatic rings. The average molecular weight is 326 g/mol. The van der Waals surface area contributed by atoms with Gasteiger partial charge in [-0.05, 0) is 36.8 Å². The van der Waals surface area contributed by atoms with Crippen molar-refractivity contribution in [2.75, 3.05) is 6.54 Å². The number of nitrogens with one attached hydrogen (secondary N) is 1. The number of rotatable bonds is 4. The molecule has 2 N–H and O–H groups in total. The predicted molar refractivity (Wildman–Crippen MR) is 78.8 cm³/mol. The first-order chi connectivity index (χ1) is 9.15. The van der Waals surface area contributed by atoms with Crippen molar-refractivity contribution in [1.82, 2.24) is 5.32 Å². The third-order valence-corrected chi connectivity index (χ3v) is 4.43. The fraction of sp³-hybridized carbons (Fsp3) is 0.533. The minimum atomic E-state index is -0.182. The van der Waals surface area contributed by atoms with E-state index in [9.17, 15) is 9.90 Å². The van der Waals surface area contributed by atoms with Gasteiger partial charge in [-0.25, -0.2) is 0 Å². The summed E-state index contributed by atoms with van der Waals surface area (Å²) < 4.78 is 0.971. The Kier molecular flexibility index (Phi) is 5.40. The van der Waals surface area contributed by atoms with Gasteiger partial charge in [0.05, 0.1) is 12.5 Å². The number of hydrogen-bond donors (Lipinski definition) is 2. The van der Waals surface area contributed by atoms with Gasteiger partial charge in [-0.1, -0.05) is 40.5 Å². The van der Waals surface area contributed by atoms with Crippen LogP contribution in [-0.4, -0.2) is 23.7 Å². The van der Waals surface area contributed by atoms with Crippen molar-refractivity contribution in [1.29, 1.82) is 0 Å². The molecule has 1 fully saturated rings. The summed E-state index contributed by atoms with van der Waals surface area (Å²) in [5, 5.41) is 12.6. The SMILES string of the molecule is O=C(Cc1ccccc1Br)NCC1CCCC(O)C1. The van der Waals surface area contributed by atoms with E-state index in [0.717, 1.165) is 35.7 Å². The van der Waals surface area contributed by atoms with Gasteiger partial charge in [0.1, 0.15) is 0 Å². The summed E-state index contributed by atoms with van der Waals surface area (Å²) in [6.07, 6.45) is 4.10. The average Bonchev–Trinajstić information content (AvgIpc) is 2.39. The zero-order valence-corrected chi connectivity index (χ0v) is 12.5. The predicted octanol–water partition coefficient (Wildman–Crippen LogP) is 2.66. The lowest BCUT2D eigenvalue weighted by Crippen LogP contribution is -2.33. The monoisotopic (exact) mass is 325 g/mol. The Bertz CT molecular complexity index is 436. The van der Waals surface area contributed by atoms with Gasteiger partial charge in [0.2, 0.25) is 5.91 Å². The molecule has 4 heteroatoms. The highest BCUT2D eigenvalue weighted by Gasteiger charge is 2.20. The fourth-order valence-corrected chi connectivity index (χ4v) is 3.01. The molecule has 0 aromatic heterocycles. The molecule has 1 saturated carbocycles. The quantitative estimate of drug-likeness (QED) is 0.894. The van der Waals surface area contributed by atoms with Crippen LogP contribution in [0, 0.1) is 5.92 Å². The second-order valence-electron chi connectivity index (χ2n) is 5.26. The summed E-state index contributed by atoms with van der Waals surface area (Å²) in [4.78, 5) is 11.9. The molecule has 0 aliphatic heterocycles. The molecule has 3 nitrogen and oxygen atoms in total. The fourth-order valence-electron chi connectivity index (χ4n) is 2.58. The molecule has 2 atom stereocenters. The molecule has 0 bridgehead atoms. The molecule has 0 heterocycles. The largest absolute Gasteiger partial charge is 0.393 e. The summed E-state index contributed by atoms with van der Waals surface area (Å²) in [7, 11) is 0. The first kappa shape index (κ1) is 14.5. The van der Waals surface area contributed by atoms with Crippen LogP contribution in [0.15, 0.2) is 28.7 Å². The second-order valence-corrected chi connectivity index (χ2v) is 6.11. The van der Waals surface area contributed by atoms with E-state index in [4.69, 9.17) is 0 Å². The maximum absolute atomic E-state index is 11.9. The zero-order chi connectivity index (χ0) is 13.7. The normalized spacial score (nSPS) is 23.1. The third kappa shape index (κ3) is 4.62. The minimum absolute atomic E-state index is 0.0481. The van der Waals surface area contributed by atoms with E-state index in [1.165, 1.54) is 0 Å². The molecule has 104 valence electrons. The number of halogens is 1. The van der Waals surface area contributed by atoms with E-state index in [1.54, 1.807) is 0 Å². The molecule has 2 rings (SSSR count). The highest BCUT2D eigenvalue weighted by Crippen LogP contribution is 2.23. The number of hydrogen-bond acceptors (Lipinski definition) is 2. The summed E-state index contributed by atoms with van der Waals surface area (Å²) in [5.41, 5.74) is 1.00. The van der Waals surface area contributed by atoms with Crippen molar-refractivity contribution in [2.45, 2.75) is 38.2 Å². The lowest BCUT2D eigenvalue weighted by molar-refractivity contribution is -0.120. The second kappa shape index (κ2) is 7.06. The summed E-state index contributed by atoms with van der Waals surface area (Å²) in [5.74, 6) is 0.471.